The van der Waals surface area contributed by atoms with Gasteiger partial charge < -0.3 is 21.1 Å². The Bertz CT molecular complexity index is 1190. The molecule has 0 saturated carbocycles. The van der Waals surface area contributed by atoms with Crippen LogP contribution in [0, 0.1) is 19.8 Å². The predicted octanol–water partition coefficient (Wildman–Crippen LogP) is 5.45. The molecule has 3 rings (SSSR count). The van der Waals surface area contributed by atoms with Crippen LogP contribution in [0.4, 0.5) is 16.2 Å². The van der Waals surface area contributed by atoms with Gasteiger partial charge in [-0.25, -0.2) is 9.59 Å². The molecule has 0 bridgehead atoms. The molecule has 0 aromatic heterocycles. The maximum atomic E-state index is 12.4. The third-order valence-corrected chi connectivity index (χ3v) is 5.61. The highest BCUT2D eigenvalue weighted by Crippen LogP contribution is 2.22. The maximum Gasteiger partial charge on any atom is 0.326 e. The lowest BCUT2D eigenvalue weighted by atomic mass is 10.0. The van der Waals surface area contributed by atoms with Gasteiger partial charge in [0.05, 0.1) is 0 Å². The second kappa shape index (κ2) is 10.7. The van der Waals surface area contributed by atoms with Crippen LogP contribution in [-0.4, -0.2) is 29.1 Å². The van der Waals surface area contributed by atoms with Crippen molar-refractivity contribution in [2.45, 2.75) is 33.7 Å². The van der Waals surface area contributed by atoms with Gasteiger partial charge in [-0.2, -0.15) is 0 Å². The lowest BCUT2D eigenvalue weighted by Gasteiger charge is -2.18. The number of carboxylic acids is 1. The molecule has 3 aromatic rings. The van der Waals surface area contributed by atoms with E-state index in [9.17, 15) is 19.5 Å². The van der Waals surface area contributed by atoms with E-state index in [0.717, 1.165) is 27.9 Å². The molecule has 0 unspecified atom stereocenters. The highest BCUT2D eigenvalue weighted by Gasteiger charge is 2.23. The Kier molecular flexibility index (Phi) is 7.68. The van der Waals surface area contributed by atoms with Crippen molar-refractivity contribution in [3.63, 3.8) is 0 Å². The third kappa shape index (κ3) is 6.22. The monoisotopic (exact) mass is 459 g/mol. The highest BCUT2D eigenvalue weighted by molar-refractivity contribution is 6.00. The maximum absolute atomic E-state index is 12.4. The molecule has 7 heteroatoms. The number of urea groups is 1. The van der Waals surface area contributed by atoms with Gasteiger partial charge in [0.1, 0.15) is 6.04 Å². The number of carbonyl (C=O) groups is 3. The number of hydrogen-bond donors (Lipinski definition) is 4. The van der Waals surface area contributed by atoms with Crippen LogP contribution >= 0.6 is 0 Å². The minimum absolute atomic E-state index is 0.226. The van der Waals surface area contributed by atoms with E-state index in [2.05, 4.69) is 16.0 Å². The summed E-state index contributed by atoms with van der Waals surface area (Å²) in [5, 5.41) is 17.5. The van der Waals surface area contributed by atoms with E-state index in [1.54, 1.807) is 50.2 Å². The quantitative estimate of drug-likeness (QED) is 0.377. The molecule has 0 saturated heterocycles. The topological polar surface area (TPSA) is 108 Å². The van der Waals surface area contributed by atoms with Gasteiger partial charge in [0, 0.05) is 16.9 Å². The first-order valence-electron chi connectivity index (χ1n) is 11.0. The number of hydrogen-bond acceptors (Lipinski definition) is 3. The third-order valence-electron chi connectivity index (χ3n) is 5.61. The normalized spacial score (nSPS) is 11.6. The van der Waals surface area contributed by atoms with E-state index < -0.39 is 17.9 Å². The van der Waals surface area contributed by atoms with E-state index in [1.165, 1.54) is 0 Å². The van der Waals surface area contributed by atoms with E-state index in [-0.39, 0.29) is 11.9 Å². The SMILES string of the molecule is Cc1ccc(NC(=O)Nc2ccc(-c3ccc(C(=O)N[C@H](C(=O)O)C(C)C)cc3)cc2)cc1C. The first-order chi connectivity index (χ1) is 16.1. The molecule has 0 spiro atoms. The smallest absolute Gasteiger partial charge is 0.326 e. The Balaban J connectivity index is 1.61. The number of amides is 3. The number of carbonyl (C=O) groups excluding carboxylic acids is 2. The molecule has 0 fully saturated rings. The first-order valence-corrected chi connectivity index (χ1v) is 11.0. The van der Waals surface area contributed by atoms with E-state index in [4.69, 9.17) is 0 Å². The number of aliphatic carboxylic acids is 1. The van der Waals surface area contributed by atoms with Crippen molar-refractivity contribution in [1.82, 2.24) is 5.32 Å². The molecule has 176 valence electrons. The highest BCUT2D eigenvalue weighted by atomic mass is 16.4. The predicted molar refractivity (Wildman–Crippen MR) is 134 cm³/mol. The molecule has 7 nitrogen and oxygen atoms in total. The fourth-order valence-corrected chi connectivity index (χ4v) is 3.41. The summed E-state index contributed by atoms with van der Waals surface area (Å²) in [6, 6.07) is 18.7. The zero-order chi connectivity index (χ0) is 24.8. The first kappa shape index (κ1) is 24.5. The second-order valence-corrected chi connectivity index (χ2v) is 8.57. The van der Waals surface area contributed by atoms with Crippen molar-refractivity contribution in [2.24, 2.45) is 5.92 Å². The lowest BCUT2D eigenvalue weighted by molar-refractivity contribution is -0.140. The Labute approximate surface area is 199 Å². The zero-order valence-corrected chi connectivity index (χ0v) is 19.7. The molecule has 3 amide bonds. The summed E-state index contributed by atoms with van der Waals surface area (Å²) in [7, 11) is 0. The van der Waals surface area contributed by atoms with E-state index >= 15 is 0 Å². The molecule has 0 heterocycles. The number of nitrogens with one attached hydrogen (secondary N) is 3. The van der Waals surface area contributed by atoms with Crippen LogP contribution < -0.4 is 16.0 Å². The molecule has 1 atom stereocenters. The van der Waals surface area contributed by atoms with Crippen LogP contribution in [0.25, 0.3) is 11.1 Å². The molecule has 0 aliphatic heterocycles. The Morgan fingerprint density at radius 1 is 0.735 bits per heavy atom. The fourth-order valence-electron chi connectivity index (χ4n) is 3.41. The second-order valence-electron chi connectivity index (χ2n) is 8.57. The molecule has 0 radical (unpaired) electrons. The standard InChI is InChI=1S/C27H29N3O4/c1-16(2)24(26(32)33)30-25(31)21-8-6-19(7-9-21)20-10-13-22(14-11-20)28-27(34)29-23-12-5-17(3)18(4)15-23/h5-16,24H,1-4H3,(H,30,31)(H,32,33)(H2,28,29,34)/t24-/m0/s1. The number of rotatable bonds is 7. The van der Waals surface area contributed by atoms with Crippen molar-refractivity contribution in [2.75, 3.05) is 10.6 Å². The summed E-state index contributed by atoms with van der Waals surface area (Å²) in [6.45, 7) is 7.50. The summed E-state index contributed by atoms with van der Waals surface area (Å²) in [4.78, 5) is 36.0. The molecular weight excluding hydrogens is 430 g/mol. The number of anilines is 2. The van der Waals surface area contributed by atoms with Gasteiger partial charge >= 0.3 is 12.0 Å². The van der Waals surface area contributed by atoms with Crippen LogP contribution in [0.3, 0.4) is 0 Å². The van der Waals surface area contributed by atoms with Crippen LogP contribution in [0.5, 0.6) is 0 Å². The molecule has 3 aromatic carbocycles. The number of benzene rings is 3. The summed E-state index contributed by atoms with van der Waals surface area (Å²) in [5.41, 5.74) is 5.83. The van der Waals surface area contributed by atoms with Gasteiger partial charge in [-0.1, -0.05) is 44.2 Å². The molecule has 4 N–H and O–H groups in total. The van der Waals surface area contributed by atoms with Gasteiger partial charge in [0.15, 0.2) is 0 Å². The summed E-state index contributed by atoms with van der Waals surface area (Å²) in [5.74, 6) is -1.71. The van der Waals surface area contributed by atoms with Crippen molar-refractivity contribution in [3.8, 4) is 11.1 Å². The van der Waals surface area contributed by atoms with Crippen LogP contribution in [0.2, 0.25) is 0 Å². The van der Waals surface area contributed by atoms with Crippen LogP contribution in [0.1, 0.15) is 35.3 Å². The number of carboxylic acid groups (broad SMARTS) is 1. The fraction of sp³-hybridized carbons (Fsp3) is 0.222. The minimum atomic E-state index is -1.06. The van der Waals surface area contributed by atoms with Gasteiger partial charge in [-0.15, -0.1) is 0 Å². The average molecular weight is 460 g/mol. The van der Waals surface area contributed by atoms with Gasteiger partial charge in [-0.05, 0) is 78.4 Å². The Hall–Kier alpha value is -4.13. The van der Waals surface area contributed by atoms with Gasteiger partial charge in [0.2, 0.25) is 0 Å². The summed E-state index contributed by atoms with van der Waals surface area (Å²) in [6.07, 6.45) is 0. The Morgan fingerprint density at radius 3 is 1.79 bits per heavy atom. The van der Waals surface area contributed by atoms with Crippen LogP contribution in [-0.2, 0) is 4.79 Å². The summed E-state index contributed by atoms with van der Waals surface area (Å²) >= 11 is 0. The van der Waals surface area contributed by atoms with Crippen molar-refractivity contribution in [1.29, 1.82) is 0 Å². The average Bonchev–Trinajstić information content (AvgIpc) is 2.80. The van der Waals surface area contributed by atoms with Crippen molar-refractivity contribution >= 4 is 29.3 Å². The molecule has 0 aliphatic rings. The van der Waals surface area contributed by atoms with E-state index in [1.807, 2.05) is 44.2 Å². The molecule has 0 aliphatic carbocycles. The largest absolute Gasteiger partial charge is 0.480 e. The summed E-state index contributed by atoms with van der Waals surface area (Å²) < 4.78 is 0. The van der Waals surface area contributed by atoms with Gasteiger partial charge in [0.25, 0.3) is 5.91 Å². The van der Waals surface area contributed by atoms with Crippen molar-refractivity contribution < 1.29 is 19.5 Å². The van der Waals surface area contributed by atoms with Crippen LogP contribution in [0.15, 0.2) is 66.7 Å². The zero-order valence-electron chi connectivity index (χ0n) is 19.7. The number of aryl methyl sites for hydroxylation is 2. The minimum Gasteiger partial charge on any atom is -0.480 e. The lowest BCUT2D eigenvalue weighted by Crippen LogP contribution is -2.44. The van der Waals surface area contributed by atoms with E-state index in [0.29, 0.717) is 11.3 Å². The molecular formula is C27H29N3O4. The van der Waals surface area contributed by atoms with Gasteiger partial charge in [-0.3, -0.25) is 4.79 Å². The van der Waals surface area contributed by atoms with Crippen molar-refractivity contribution in [3.05, 3.63) is 83.4 Å². The molecule has 34 heavy (non-hydrogen) atoms. The Morgan fingerprint density at radius 2 is 1.26 bits per heavy atom.